The zero-order chi connectivity index (χ0) is 24.3. The summed E-state index contributed by atoms with van der Waals surface area (Å²) in [5, 5.41) is 0. The third-order valence-corrected chi connectivity index (χ3v) is 6.09. The summed E-state index contributed by atoms with van der Waals surface area (Å²) in [5.74, 6) is -1.14. The SMILES string of the molecule is CO[C@@H]1C[C@@H]([C@H](OC)[C@@H](C)C(=O)N2C(=O)OCC2c2ccccc2)N(C(=O)OC(C)(C)C)C1. The van der Waals surface area contributed by atoms with Gasteiger partial charge in [-0.15, -0.1) is 0 Å². The Morgan fingerprint density at radius 3 is 2.39 bits per heavy atom. The first-order valence-corrected chi connectivity index (χ1v) is 11.2. The van der Waals surface area contributed by atoms with Gasteiger partial charge in [0.25, 0.3) is 0 Å². The van der Waals surface area contributed by atoms with E-state index < -0.39 is 47.8 Å². The van der Waals surface area contributed by atoms with Crippen molar-refractivity contribution in [1.29, 1.82) is 0 Å². The molecular weight excluding hydrogens is 428 g/mol. The van der Waals surface area contributed by atoms with Gasteiger partial charge in [0.05, 0.1) is 30.7 Å². The van der Waals surface area contributed by atoms with Crippen molar-refractivity contribution in [3.05, 3.63) is 35.9 Å². The fourth-order valence-corrected chi connectivity index (χ4v) is 4.48. The lowest BCUT2D eigenvalue weighted by Gasteiger charge is -2.35. The molecule has 0 aliphatic carbocycles. The molecular formula is C24H34N2O7. The number of benzene rings is 1. The van der Waals surface area contributed by atoms with Gasteiger partial charge in [-0.05, 0) is 32.8 Å². The molecule has 2 fully saturated rings. The molecule has 0 aromatic heterocycles. The second kappa shape index (κ2) is 10.1. The number of hydrogen-bond acceptors (Lipinski definition) is 7. The van der Waals surface area contributed by atoms with Crippen LogP contribution in [0.5, 0.6) is 0 Å². The van der Waals surface area contributed by atoms with Crippen LogP contribution in [0.4, 0.5) is 9.59 Å². The van der Waals surface area contributed by atoms with Gasteiger partial charge in [0.1, 0.15) is 18.2 Å². The normalized spacial score (nSPS) is 25.0. The number of cyclic esters (lactones) is 1. The van der Waals surface area contributed by atoms with Crippen LogP contribution in [-0.2, 0) is 23.7 Å². The summed E-state index contributed by atoms with van der Waals surface area (Å²) in [4.78, 5) is 41.7. The second-order valence-corrected chi connectivity index (χ2v) is 9.49. The Labute approximate surface area is 194 Å². The van der Waals surface area contributed by atoms with Crippen LogP contribution in [0.2, 0.25) is 0 Å². The van der Waals surface area contributed by atoms with Gasteiger partial charge in [0, 0.05) is 14.2 Å². The molecule has 2 saturated heterocycles. The number of ether oxygens (including phenoxy) is 4. The van der Waals surface area contributed by atoms with Gasteiger partial charge in [0.2, 0.25) is 5.91 Å². The highest BCUT2D eigenvalue weighted by atomic mass is 16.6. The molecule has 0 spiro atoms. The molecule has 3 rings (SSSR count). The molecule has 0 radical (unpaired) electrons. The first kappa shape index (κ1) is 25.0. The third-order valence-electron chi connectivity index (χ3n) is 6.09. The minimum Gasteiger partial charge on any atom is -0.446 e. The summed E-state index contributed by atoms with van der Waals surface area (Å²) in [5.41, 5.74) is 0.146. The van der Waals surface area contributed by atoms with Crippen molar-refractivity contribution in [1.82, 2.24) is 9.80 Å². The predicted molar refractivity (Wildman–Crippen MR) is 119 cm³/mol. The Bertz CT molecular complexity index is 854. The highest BCUT2D eigenvalue weighted by Crippen LogP contribution is 2.33. The molecule has 1 aromatic rings. The van der Waals surface area contributed by atoms with Gasteiger partial charge in [-0.1, -0.05) is 37.3 Å². The number of nitrogens with zero attached hydrogens (tertiary/aromatic N) is 2. The number of imide groups is 1. The standard InChI is InChI=1S/C24H34N2O7/c1-15(21(27)26-19(14-32-23(26)29)16-10-8-7-9-11-16)20(31-6)18-12-17(30-5)13-25(18)22(28)33-24(2,3)4/h7-11,15,17-20H,12-14H2,1-6H3/t15-,17-,18+,19?,20-/m1/s1. The van der Waals surface area contributed by atoms with Gasteiger partial charge in [-0.25, -0.2) is 14.5 Å². The van der Waals surface area contributed by atoms with E-state index in [-0.39, 0.29) is 12.7 Å². The van der Waals surface area contributed by atoms with Crippen LogP contribution in [0.25, 0.3) is 0 Å². The fourth-order valence-electron chi connectivity index (χ4n) is 4.48. The Morgan fingerprint density at radius 2 is 1.82 bits per heavy atom. The summed E-state index contributed by atoms with van der Waals surface area (Å²) in [7, 11) is 3.08. The summed E-state index contributed by atoms with van der Waals surface area (Å²) in [6, 6.07) is 8.32. The van der Waals surface area contributed by atoms with Crippen LogP contribution < -0.4 is 0 Å². The van der Waals surface area contributed by atoms with Crippen LogP contribution in [-0.4, -0.2) is 79.1 Å². The van der Waals surface area contributed by atoms with Crippen LogP contribution in [0.3, 0.4) is 0 Å². The maximum atomic E-state index is 13.5. The van der Waals surface area contributed by atoms with E-state index in [4.69, 9.17) is 18.9 Å². The molecule has 3 amide bonds. The summed E-state index contributed by atoms with van der Waals surface area (Å²) < 4.78 is 22.0. The molecule has 1 unspecified atom stereocenters. The number of methoxy groups -OCH3 is 2. The molecule has 0 saturated carbocycles. The number of hydrogen-bond donors (Lipinski definition) is 0. The van der Waals surface area contributed by atoms with Crippen molar-refractivity contribution >= 4 is 18.1 Å². The third kappa shape index (κ3) is 5.47. The van der Waals surface area contributed by atoms with Crippen molar-refractivity contribution in [3.8, 4) is 0 Å². The molecule has 33 heavy (non-hydrogen) atoms. The van der Waals surface area contributed by atoms with E-state index >= 15 is 0 Å². The first-order valence-electron chi connectivity index (χ1n) is 11.2. The van der Waals surface area contributed by atoms with Gasteiger partial charge in [-0.3, -0.25) is 9.69 Å². The average molecular weight is 463 g/mol. The molecule has 2 aliphatic rings. The van der Waals surface area contributed by atoms with E-state index in [0.717, 1.165) is 10.5 Å². The molecule has 0 bridgehead atoms. The molecule has 182 valence electrons. The van der Waals surface area contributed by atoms with E-state index in [0.29, 0.717) is 13.0 Å². The van der Waals surface area contributed by atoms with Crippen LogP contribution >= 0.6 is 0 Å². The number of likely N-dealkylation sites (tertiary alicyclic amines) is 1. The average Bonchev–Trinajstić information content (AvgIpc) is 3.37. The molecule has 2 aliphatic heterocycles. The van der Waals surface area contributed by atoms with E-state index in [2.05, 4.69) is 0 Å². The van der Waals surface area contributed by atoms with Crippen molar-refractivity contribution in [3.63, 3.8) is 0 Å². The van der Waals surface area contributed by atoms with E-state index in [9.17, 15) is 14.4 Å². The van der Waals surface area contributed by atoms with Crippen molar-refractivity contribution in [2.24, 2.45) is 5.92 Å². The maximum absolute atomic E-state index is 13.5. The fraction of sp³-hybridized carbons (Fsp3) is 0.625. The van der Waals surface area contributed by atoms with Gasteiger partial charge >= 0.3 is 12.2 Å². The lowest BCUT2D eigenvalue weighted by atomic mass is 9.93. The Morgan fingerprint density at radius 1 is 1.15 bits per heavy atom. The molecule has 9 nitrogen and oxygen atoms in total. The van der Waals surface area contributed by atoms with Crippen molar-refractivity contribution < 1.29 is 33.3 Å². The zero-order valence-corrected chi connectivity index (χ0v) is 20.1. The van der Waals surface area contributed by atoms with Crippen molar-refractivity contribution in [2.75, 3.05) is 27.4 Å². The number of carbonyl (C=O) groups is 3. The van der Waals surface area contributed by atoms with Crippen LogP contribution in [0.15, 0.2) is 30.3 Å². The van der Waals surface area contributed by atoms with Gasteiger partial charge in [-0.2, -0.15) is 0 Å². The number of rotatable bonds is 6. The number of amides is 3. The Hall–Kier alpha value is -2.65. The van der Waals surface area contributed by atoms with Gasteiger partial charge < -0.3 is 18.9 Å². The van der Waals surface area contributed by atoms with E-state index in [1.807, 2.05) is 30.3 Å². The monoisotopic (exact) mass is 462 g/mol. The molecule has 0 N–H and O–H groups in total. The summed E-state index contributed by atoms with van der Waals surface area (Å²) >= 11 is 0. The molecule has 2 heterocycles. The molecule has 5 atom stereocenters. The second-order valence-electron chi connectivity index (χ2n) is 9.49. The Kier molecular flexibility index (Phi) is 7.64. The molecule has 1 aromatic carbocycles. The summed E-state index contributed by atoms with van der Waals surface area (Å²) in [6.07, 6.45) is -1.57. The first-order chi connectivity index (χ1) is 15.6. The minimum absolute atomic E-state index is 0.0954. The smallest absolute Gasteiger partial charge is 0.417 e. The van der Waals surface area contributed by atoms with E-state index in [1.54, 1.807) is 39.7 Å². The largest absolute Gasteiger partial charge is 0.446 e. The predicted octanol–water partition coefficient (Wildman–Crippen LogP) is 3.38. The minimum atomic E-state index is -0.725. The highest BCUT2D eigenvalue weighted by Gasteiger charge is 2.48. The van der Waals surface area contributed by atoms with E-state index in [1.165, 1.54) is 7.11 Å². The zero-order valence-electron chi connectivity index (χ0n) is 20.1. The lowest BCUT2D eigenvalue weighted by molar-refractivity contribution is -0.139. The Balaban J connectivity index is 1.83. The van der Waals surface area contributed by atoms with Crippen molar-refractivity contribution in [2.45, 2.75) is 64.0 Å². The maximum Gasteiger partial charge on any atom is 0.417 e. The van der Waals surface area contributed by atoms with Crippen LogP contribution in [0.1, 0.15) is 45.7 Å². The van der Waals surface area contributed by atoms with Crippen LogP contribution in [0, 0.1) is 5.92 Å². The molecule has 9 heteroatoms. The quantitative estimate of drug-likeness (QED) is 0.640. The highest BCUT2D eigenvalue weighted by molar-refractivity contribution is 5.95. The number of carbonyl (C=O) groups excluding carboxylic acids is 3. The summed E-state index contributed by atoms with van der Waals surface area (Å²) in [6.45, 7) is 7.52. The topological polar surface area (TPSA) is 94.6 Å². The lowest BCUT2D eigenvalue weighted by Crippen LogP contribution is -2.51. The van der Waals surface area contributed by atoms with Gasteiger partial charge in [0.15, 0.2) is 0 Å².